The smallest absolute Gasteiger partial charge is 0.323 e. The number of morpholine rings is 1. The van der Waals surface area contributed by atoms with Crippen molar-refractivity contribution in [3.05, 3.63) is 66.7 Å². The average molecular weight is 475 g/mol. The Morgan fingerprint density at radius 1 is 0.857 bits per heavy atom. The largest absolute Gasteiger partial charge is 0.494 e. The van der Waals surface area contributed by atoms with Gasteiger partial charge in [0.2, 0.25) is 0 Å². The van der Waals surface area contributed by atoms with Gasteiger partial charge in [-0.3, -0.25) is 4.79 Å². The minimum absolute atomic E-state index is 0.0866. The van der Waals surface area contributed by atoms with Crippen LogP contribution in [0.1, 0.15) is 12.8 Å². The zero-order valence-corrected chi connectivity index (χ0v) is 19.7. The quantitative estimate of drug-likeness (QED) is 0.328. The Hall–Kier alpha value is -3.71. The first kappa shape index (κ1) is 23.1. The van der Waals surface area contributed by atoms with Crippen LogP contribution in [0.25, 0.3) is 21.8 Å². The molecule has 1 saturated heterocycles. The molecule has 0 atom stereocenters. The Morgan fingerprint density at radius 2 is 1.57 bits per heavy atom. The fourth-order valence-electron chi connectivity index (χ4n) is 4.65. The van der Waals surface area contributed by atoms with Crippen LogP contribution in [0.5, 0.6) is 11.5 Å². The lowest BCUT2D eigenvalue weighted by Gasteiger charge is -2.30. The first-order valence-electron chi connectivity index (χ1n) is 12.1. The minimum Gasteiger partial charge on any atom is -0.494 e. The number of aliphatic carboxylic acids is 1. The number of fused-ring (bicyclic) bond motifs is 3. The van der Waals surface area contributed by atoms with E-state index in [-0.39, 0.29) is 6.54 Å². The zero-order chi connectivity index (χ0) is 24.0. The van der Waals surface area contributed by atoms with E-state index >= 15 is 0 Å². The van der Waals surface area contributed by atoms with E-state index in [4.69, 9.17) is 14.2 Å². The van der Waals surface area contributed by atoms with Gasteiger partial charge in [-0.15, -0.1) is 0 Å². The normalized spacial score (nSPS) is 13.9. The number of nitrogens with zero attached hydrogens (tertiary/aromatic N) is 2. The van der Waals surface area contributed by atoms with Crippen LogP contribution in [0.15, 0.2) is 66.7 Å². The molecular formula is C28H30N2O5. The highest BCUT2D eigenvalue weighted by Gasteiger charge is 2.15. The molecule has 1 aromatic heterocycles. The molecule has 0 spiro atoms. The van der Waals surface area contributed by atoms with Crippen LogP contribution in [-0.4, -0.2) is 55.2 Å². The Morgan fingerprint density at radius 3 is 2.40 bits per heavy atom. The fraction of sp³-hybridized carbons (Fsp3) is 0.321. The number of carboxylic acids is 1. The van der Waals surface area contributed by atoms with Crippen molar-refractivity contribution in [3.8, 4) is 11.5 Å². The van der Waals surface area contributed by atoms with Crippen molar-refractivity contribution in [2.75, 3.05) is 44.4 Å². The molecule has 1 aliphatic rings. The van der Waals surface area contributed by atoms with E-state index in [0.717, 1.165) is 78.1 Å². The SMILES string of the molecule is O=C(O)Cn1c2ccccc2c2ccc(OCCCCOc3ccccc3N3CCOCC3)cc21. The van der Waals surface area contributed by atoms with E-state index in [9.17, 15) is 9.90 Å². The number of hydrogen-bond acceptors (Lipinski definition) is 5. The van der Waals surface area contributed by atoms with Crippen LogP contribution in [0.2, 0.25) is 0 Å². The Balaban J connectivity index is 1.17. The summed E-state index contributed by atoms with van der Waals surface area (Å²) in [5.41, 5.74) is 2.91. The van der Waals surface area contributed by atoms with Crippen molar-refractivity contribution in [2.45, 2.75) is 19.4 Å². The molecule has 3 aromatic carbocycles. The molecule has 0 bridgehead atoms. The first-order chi connectivity index (χ1) is 17.2. The maximum atomic E-state index is 11.5. The third kappa shape index (κ3) is 5.20. The molecule has 1 fully saturated rings. The van der Waals surface area contributed by atoms with Crippen LogP contribution < -0.4 is 14.4 Å². The molecule has 182 valence electrons. The van der Waals surface area contributed by atoms with E-state index in [1.165, 1.54) is 0 Å². The molecule has 1 aliphatic heterocycles. The Kier molecular flexibility index (Phi) is 7.04. The predicted octanol–water partition coefficient (Wildman–Crippen LogP) is 4.95. The second-order valence-electron chi connectivity index (χ2n) is 8.65. The van der Waals surface area contributed by atoms with Crippen LogP contribution in [0.3, 0.4) is 0 Å². The highest BCUT2D eigenvalue weighted by atomic mass is 16.5. The maximum Gasteiger partial charge on any atom is 0.323 e. The summed E-state index contributed by atoms with van der Waals surface area (Å²) in [5, 5.41) is 11.5. The van der Waals surface area contributed by atoms with E-state index < -0.39 is 5.97 Å². The molecule has 0 aliphatic carbocycles. The summed E-state index contributed by atoms with van der Waals surface area (Å²) < 4.78 is 19.4. The van der Waals surface area contributed by atoms with Crippen molar-refractivity contribution < 1.29 is 24.1 Å². The van der Waals surface area contributed by atoms with Crippen molar-refractivity contribution >= 4 is 33.5 Å². The molecular weight excluding hydrogens is 444 g/mol. The molecule has 1 N–H and O–H groups in total. The molecule has 2 heterocycles. The van der Waals surface area contributed by atoms with Crippen LogP contribution in [-0.2, 0) is 16.1 Å². The highest BCUT2D eigenvalue weighted by Crippen LogP contribution is 2.32. The third-order valence-electron chi connectivity index (χ3n) is 6.32. The van der Waals surface area contributed by atoms with Crippen molar-refractivity contribution in [3.63, 3.8) is 0 Å². The molecule has 7 nitrogen and oxygen atoms in total. The van der Waals surface area contributed by atoms with Gasteiger partial charge in [0.15, 0.2) is 0 Å². The van der Waals surface area contributed by atoms with Gasteiger partial charge >= 0.3 is 5.97 Å². The summed E-state index contributed by atoms with van der Waals surface area (Å²) >= 11 is 0. The van der Waals surface area contributed by atoms with Crippen LogP contribution >= 0.6 is 0 Å². The molecule has 35 heavy (non-hydrogen) atoms. The lowest BCUT2D eigenvalue weighted by Crippen LogP contribution is -2.36. The van der Waals surface area contributed by atoms with E-state index in [1.54, 1.807) is 0 Å². The summed E-state index contributed by atoms with van der Waals surface area (Å²) in [6.07, 6.45) is 1.73. The van der Waals surface area contributed by atoms with Gasteiger partial charge in [0, 0.05) is 35.4 Å². The molecule has 5 rings (SSSR count). The van der Waals surface area contributed by atoms with Crippen molar-refractivity contribution in [1.82, 2.24) is 4.57 Å². The van der Waals surface area contributed by atoms with Gasteiger partial charge in [-0.25, -0.2) is 0 Å². The first-order valence-corrected chi connectivity index (χ1v) is 12.1. The predicted molar refractivity (Wildman–Crippen MR) is 137 cm³/mol. The van der Waals surface area contributed by atoms with E-state index in [0.29, 0.717) is 13.2 Å². The number of hydrogen-bond donors (Lipinski definition) is 1. The van der Waals surface area contributed by atoms with Crippen molar-refractivity contribution in [1.29, 1.82) is 0 Å². The van der Waals surface area contributed by atoms with E-state index in [1.807, 2.05) is 65.2 Å². The Labute approximate surface area is 204 Å². The van der Waals surface area contributed by atoms with Gasteiger partial charge in [-0.2, -0.15) is 0 Å². The fourth-order valence-corrected chi connectivity index (χ4v) is 4.65. The zero-order valence-electron chi connectivity index (χ0n) is 19.7. The third-order valence-corrected chi connectivity index (χ3v) is 6.32. The van der Waals surface area contributed by atoms with Gasteiger partial charge in [0.1, 0.15) is 18.0 Å². The maximum absolute atomic E-state index is 11.5. The number of unbranched alkanes of at least 4 members (excludes halogenated alkanes) is 1. The van der Waals surface area contributed by atoms with Gasteiger partial charge in [-0.1, -0.05) is 30.3 Å². The molecule has 0 unspecified atom stereocenters. The summed E-state index contributed by atoms with van der Waals surface area (Å²) in [5.74, 6) is 0.784. The number of anilines is 1. The molecule has 0 amide bonds. The monoisotopic (exact) mass is 474 g/mol. The second-order valence-corrected chi connectivity index (χ2v) is 8.65. The standard InChI is InChI=1S/C28H30N2O5/c31-28(32)20-30-24-8-2-1-7-22(24)23-12-11-21(19-26(23)30)34-15-5-6-16-35-27-10-4-3-9-25(27)29-13-17-33-18-14-29/h1-4,7-12,19H,5-6,13-18,20H2,(H,31,32). The van der Waals surface area contributed by atoms with Gasteiger partial charge < -0.3 is 28.8 Å². The lowest BCUT2D eigenvalue weighted by molar-refractivity contribution is -0.137. The van der Waals surface area contributed by atoms with Gasteiger partial charge in [0.05, 0.1) is 37.6 Å². The number of carboxylic acid groups (broad SMARTS) is 1. The van der Waals surface area contributed by atoms with Crippen LogP contribution in [0.4, 0.5) is 5.69 Å². The Bertz CT molecular complexity index is 1310. The average Bonchev–Trinajstić information content (AvgIpc) is 3.19. The van der Waals surface area contributed by atoms with Crippen LogP contribution in [0, 0.1) is 0 Å². The summed E-state index contributed by atoms with van der Waals surface area (Å²) in [4.78, 5) is 13.8. The molecule has 0 saturated carbocycles. The number of ether oxygens (including phenoxy) is 3. The highest BCUT2D eigenvalue weighted by molar-refractivity contribution is 6.08. The number of benzene rings is 3. The number of aromatic nitrogens is 1. The number of para-hydroxylation sites is 3. The summed E-state index contributed by atoms with van der Waals surface area (Å²) in [6.45, 7) is 4.35. The number of carbonyl (C=O) groups is 1. The van der Waals surface area contributed by atoms with Crippen molar-refractivity contribution in [2.24, 2.45) is 0 Å². The van der Waals surface area contributed by atoms with Gasteiger partial charge in [-0.05, 0) is 43.2 Å². The van der Waals surface area contributed by atoms with E-state index in [2.05, 4.69) is 11.0 Å². The summed E-state index contributed by atoms with van der Waals surface area (Å²) in [7, 11) is 0. The second kappa shape index (κ2) is 10.7. The molecule has 0 radical (unpaired) electrons. The summed E-state index contributed by atoms with van der Waals surface area (Å²) in [6, 6.07) is 21.9. The molecule has 4 aromatic rings. The van der Waals surface area contributed by atoms with Gasteiger partial charge in [0.25, 0.3) is 0 Å². The number of rotatable bonds is 10. The molecule has 7 heteroatoms. The lowest BCUT2D eigenvalue weighted by atomic mass is 10.1. The minimum atomic E-state index is -0.867. The topological polar surface area (TPSA) is 73.2 Å².